The standard InChI is InChI=1S/C13H19N5O/c1-3-9(4-2)19-12-10(8-5-6-8)7-11-15-16-13(14)18(11)17-12/h7-9H,3-6H2,1-2H3,(H2,14,16). The van der Waals surface area contributed by atoms with E-state index < -0.39 is 0 Å². The molecule has 2 aromatic rings. The largest absolute Gasteiger partial charge is 0.473 e. The first-order chi connectivity index (χ1) is 9.22. The van der Waals surface area contributed by atoms with Crippen LogP contribution in [0.5, 0.6) is 5.88 Å². The van der Waals surface area contributed by atoms with Crippen molar-refractivity contribution in [3.63, 3.8) is 0 Å². The average molecular weight is 261 g/mol. The van der Waals surface area contributed by atoms with Crippen LogP contribution in [0.25, 0.3) is 5.65 Å². The monoisotopic (exact) mass is 261 g/mol. The van der Waals surface area contributed by atoms with Gasteiger partial charge in [0, 0.05) is 5.56 Å². The van der Waals surface area contributed by atoms with E-state index in [-0.39, 0.29) is 6.10 Å². The highest BCUT2D eigenvalue weighted by Gasteiger charge is 2.29. The number of fused-ring (bicyclic) bond motifs is 1. The minimum Gasteiger partial charge on any atom is -0.473 e. The van der Waals surface area contributed by atoms with Crippen LogP contribution in [0.2, 0.25) is 0 Å². The van der Waals surface area contributed by atoms with Crippen molar-refractivity contribution in [1.29, 1.82) is 0 Å². The lowest BCUT2D eigenvalue weighted by Gasteiger charge is -2.17. The fourth-order valence-corrected chi connectivity index (χ4v) is 2.24. The number of aromatic nitrogens is 4. The fourth-order valence-electron chi connectivity index (χ4n) is 2.24. The van der Waals surface area contributed by atoms with E-state index >= 15 is 0 Å². The molecule has 0 bridgehead atoms. The Morgan fingerprint density at radius 2 is 2.11 bits per heavy atom. The maximum Gasteiger partial charge on any atom is 0.243 e. The molecule has 3 rings (SSSR count). The molecule has 2 N–H and O–H groups in total. The number of rotatable bonds is 5. The Kier molecular flexibility index (Phi) is 3.00. The number of hydrogen-bond acceptors (Lipinski definition) is 5. The quantitative estimate of drug-likeness (QED) is 0.892. The molecule has 1 aliphatic carbocycles. The first-order valence-corrected chi connectivity index (χ1v) is 6.91. The third-order valence-electron chi connectivity index (χ3n) is 3.62. The van der Waals surface area contributed by atoms with Crippen LogP contribution in [0.4, 0.5) is 5.95 Å². The molecule has 0 saturated heterocycles. The number of nitrogens with zero attached hydrogens (tertiary/aromatic N) is 4. The Morgan fingerprint density at radius 1 is 1.37 bits per heavy atom. The van der Waals surface area contributed by atoms with Crippen LogP contribution in [0.3, 0.4) is 0 Å². The molecule has 0 spiro atoms. The molecule has 0 aliphatic heterocycles. The van der Waals surface area contributed by atoms with E-state index in [1.807, 2.05) is 6.07 Å². The number of hydrogen-bond donors (Lipinski definition) is 1. The van der Waals surface area contributed by atoms with E-state index in [2.05, 4.69) is 29.1 Å². The van der Waals surface area contributed by atoms with Gasteiger partial charge in [0.2, 0.25) is 11.8 Å². The third kappa shape index (κ3) is 2.22. The molecule has 1 saturated carbocycles. The lowest BCUT2D eigenvalue weighted by atomic mass is 10.2. The predicted octanol–water partition coefficient (Wildman–Crippen LogP) is 2.15. The molecule has 1 aliphatic rings. The predicted molar refractivity (Wildman–Crippen MR) is 72.2 cm³/mol. The molecule has 2 heterocycles. The molecular weight excluding hydrogens is 242 g/mol. The molecule has 1 fully saturated rings. The van der Waals surface area contributed by atoms with Gasteiger partial charge in [-0.3, -0.25) is 0 Å². The van der Waals surface area contributed by atoms with Crippen LogP contribution >= 0.6 is 0 Å². The van der Waals surface area contributed by atoms with Gasteiger partial charge in [0.15, 0.2) is 5.65 Å². The van der Waals surface area contributed by atoms with Crippen molar-refractivity contribution < 1.29 is 4.74 Å². The van der Waals surface area contributed by atoms with Gasteiger partial charge in [0.1, 0.15) is 0 Å². The van der Waals surface area contributed by atoms with Crippen molar-refractivity contribution in [2.75, 3.05) is 5.73 Å². The SMILES string of the molecule is CCC(CC)Oc1nn2c(N)nnc2cc1C1CC1. The Balaban J connectivity index is 2.03. The summed E-state index contributed by atoms with van der Waals surface area (Å²) in [6.07, 6.45) is 4.53. The van der Waals surface area contributed by atoms with Crippen molar-refractivity contribution in [2.45, 2.75) is 51.6 Å². The Labute approximate surface area is 112 Å². The molecule has 0 radical (unpaired) electrons. The van der Waals surface area contributed by atoms with Crippen LogP contribution in [0.1, 0.15) is 51.0 Å². The van der Waals surface area contributed by atoms with E-state index in [1.165, 1.54) is 12.8 Å². The van der Waals surface area contributed by atoms with E-state index in [9.17, 15) is 0 Å². The Hall–Kier alpha value is -1.85. The summed E-state index contributed by atoms with van der Waals surface area (Å²) in [6, 6.07) is 2.01. The molecule has 102 valence electrons. The number of ether oxygens (including phenoxy) is 1. The van der Waals surface area contributed by atoms with Gasteiger partial charge in [-0.15, -0.1) is 15.3 Å². The van der Waals surface area contributed by atoms with Crippen LogP contribution in [0, 0.1) is 0 Å². The molecular formula is C13H19N5O. The first-order valence-electron chi connectivity index (χ1n) is 6.91. The van der Waals surface area contributed by atoms with Crippen LogP contribution in [-0.2, 0) is 0 Å². The van der Waals surface area contributed by atoms with Gasteiger partial charge in [0.25, 0.3) is 0 Å². The lowest BCUT2D eigenvalue weighted by Crippen LogP contribution is -2.17. The van der Waals surface area contributed by atoms with Gasteiger partial charge < -0.3 is 10.5 Å². The average Bonchev–Trinajstić information content (AvgIpc) is 3.21. The summed E-state index contributed by atoms with van der Waals surface area (Å²) >= 11 is 0. The Morgan fingerprint density at radius 3 is 2.74 bits per heavy atom. The van der Waals surface area contributed by atoms with E-state index in [0.717, 1.165) is 18.4 Å². The molecule has 6 nitrogen and oxygen atoms in total. The summed E-state index contributed by atoms with van der Waals surface area (Å²) in [5, 5.41) is 12.3. The van der Waals surface area contributed by atoms with Crippen molar-refractivity contribution in [2.24, 2.45) is 0 Å². The summed E-state index contributed by atoms with van der Waals surface area (Å²) in [6.45, 7) is 4.24. The lowest BCUT2D eigenvalue weighted by molar-refractivity contribution is 0.180. The highest BCUT2D eigenvalue weighted by molar-refractivity contribution is 5.48. The van der Waals surface area contributed by atoms with Gasteiger partial charge in [0.05, 0.1) is 6.10 Å². The zero-order valence-corrected chi connectivity index (χ0v) is 11.3. The summed E-state index contributed by atoms with van der Waals surface area (Å²) in [7, 11) is 0. The zero-order chi connectivity index (χ0) is 13.4. The fraction of sp³-hybridized carbons (Fsp3) is 0.615. The maximum atomic E-state index is 6.03. The van der Waals surface area contributed by atoms with Crippen molar-refractivity contribution >= 4 is 11.6 Å². The molecule has 19 heavy (non-hydrogen) atoms. The molecule has 0 aromatic carbocycles. The normalized spacial score (nSPS) is 15.3. The highest BCUT2D eigenvalue weighted by Crippen LogP contribution is 2.44. The summed E-state index contributed by atoms with van der Waals surface area (Å²) in [5.41, 5.74) is 7.59. The van der Waals surface area contributed by atoms with Crippen molar-refractivity contribution in [3.8, 4) is 5.88 Å². The van der Waals surface area contributed by atoms with E-state index in [4.69, 9.17) is 10.5 Å². The zero-order valence-electron chi connectivity index (χ0n) is 11.3. The third-order valence-corrected chi connectivity index (χ3v) is 3.62. The maximum absolute atomic E-state index is 6.03. The number of nitrogen functional groups attached to an aromatic ring is 1. The Bertz CT molecular complexity index is 586. The second-order valence-corrected chi connectivity index (χ2v) is 5.06. The van der Waals surface area contributed by atoms with Crippen LogP contribution in [-0.4, -0.2) is 25.9 Å². The summed E-state index contributed by atoms with van der Waals surface area (Å²) in [5.74, 6) is 1.54. The minimum atomic E-state index is 0.195. The molecule has 2 aromatic heterocycles. The second kappa shape index (κ2) is 4.68. The first kappa shape index (κ1) is 12.2. The molecule has 0 atom stereocenters. The van der Waals surface area contributed by atoms with Gasteiger partial charge in [-0.25, -0.2) is 0 Å². The van der Waals surface area contributed by atoms with E-state index in [0.29, 0.717) is 23.4 Å². The minimum absolute atomic E-state index is 0.195. The van der Waals surface area contributed by atoms with Gasteiger partial charge in [-0.2, -0.15) is 4.52 Å². The number of anilines is 1. The number of nitrogens with two attached hydrogens (primary N) is 1. The molecule has 0 amide bonds. The van der Waals surface area contributed by atoms with Gasteiger partial charge >= 0.3 is 0 Å². The van der Waals surface area contributed by atoms with Crippen LogP contribution in [0.15, 0.2) is 6.07 Å². The van der Waals surface area contributed by atoms with Crippen molar-refractivity contribution in [3.05, 3.63) is 11.6 Å². The molecule has 0 unspecified atom stereocenters. The van der Waals surface area contributed by atoms with Crippen molar-refractivity contribution in [1.82, 2.24) is 19.8 Å². The highest BCUT2D eigenvalue weighted by atomic mass is 16.5. The second-order valence-electron chi connectivity index (χ2n) is 5.06. The van der Waals surface area contributed by atoms with Gasteiger partial charge in [-0.05, 0) is 37.7 Å². The topological polar surface area (TPSA) is 78.3 Å². The summed E-state index contributed by atoms with van der Waals surface area (Å²) in [4.78, 5) is 0. The van der Waals surface area contributed by atoms with Gasteiger partial charge in [-0.1, -0.05) is 13.8 Å². The van der Waals surface area contributed by atoms with E-state index in [1.54, 1.807) is 4.52 Å². The van der Waals surface area contributed by atoms with Crippen LogP contribution < -0.4 is 10.5 Å². The smallest absolute Gasteiger partial charge is 0.243 e. The summed E-state index contributed by atoms with van der Waals surface area (Å²) < 4.78 is 7.58. The molecule has 6 heteroatoms.